The zero-order chi connectivity index (χ0) is 14.1. The minimum absolute atomic E-state index is 0.631. The van der Waals surface area contributed by atoms with Crippen LogP contribution in [0, 0.1) is 17.3 Å². The number of rotatable bonds is 9. The number of nitrogens with one attached hydrogen (secondary N) is 1. The molecule has 1 heteroatoms. The molecular weight excluding hydrogens is 230 g/mol. The summed E-state index contributed by atoms with van der Waals surface area (Å²) in [4.78, 5) is 0. The van der Waals surface area contributed by atoms with Crippen molar-refractivity contribution in [2.24, 2.45) is 17.3 Å². The molecule has 114 valence electrons. The van der Waals surface area contributed by atoms with Crippen LogP contribution in [0.3, 0.4) is 0 Å². The van der Waals surface area contributed by atoms with Gasteiger partial charge in [-0.3, -0.25) is 0 Å². The van der Waals surface area contributed by atoms with E-state index in [0.717, 1.165) is 11.8 Å². The van der Waals surface area contributed by atoms with Gasteiger partial charge < -0.3 is 5.32 Å². The molecule has 0 bridgehead atoms. The monoisotopic (exact) mass is 267 g/mol. The van der Waals surface area contributed by atoms with Gasteiger partial charge in [0.25, 0.3) is 0 Å². The zero-order valence-electron chi connectivity index (χ0n) is 13.9. The number of hydrogen-bond donors (Lipinski definition) is 1. The molecule has 0 spiro atoms. The molecule has 0 aromatic heterocycles. The first-order chi connectivity index (χ1) is 9.12. The highest BCUT2D eigenvalue weighted by atomic mass is 14.8. The van der Waals surface area contributed by atoms with Crippen LogP contribution in [0.15, 0.2) is 0 Å². The maximum absolute atomic E-state index is 3.47. The Morgan fingerprint density at radius 3 is 2.37 bits per heavy atom. The van der Waals surface area contributed by atoms with Crippen LogP contribution in [0.1, 0.15) is 85.0 Å². The summed E-state index contributed by atoms with van der Waals surface area (Å²) in [5.74, 6) is 1.91. The largest absolute Gasteiger partial charge is 0.319 e. The summed E-state index contributed by atoms with van der Waals surface area (Å²) < 4.78 is 0. The van der Waals surface area contributed by atoms with E-state index in [0.29, 0.717) is 5.41 Å². The fourth-order valence-corrected chi connectivity index (χ4v) is 3.85. The van der Waals surface area contributed by atoms with Gasteiger partial charge in [0.05, 0.1) is 0 Å². The normalized spacial score (nSPS) is 27.9. The molecule has 1 fully saturated rings. The third-order valence-corrected chi connectivity index (χ3v) is 5.17. The highest BCUT2D eigenvalue weighted by molar-refractivity contribution is 4.87. The molecule has 1 aliphatic rings. The summed E-state index contributed by atoms with van der Waals surface area (Å²) in [5, 5.41) is 3.47. The average molecular weight is 268 g/mol. The molecule has 1 aliphatic carbocycles. The Morgan fingerprint density at radius 2 is 1.84 bits per heavy atom. The van der Waals surface area contributed by atoms with Crippen LogP contribution in [0.25, 0.3) is 0 Å². The molecule has 1 N–H and O–H groups in total. The molecule has 0 unspecified atom stereocenters. The van der Waals surface area contributed by atoms with E-state index in [-0.39, 0.29) is 0 Å². The van der Waals surface area contributed by atoms with Gasteiger partial charge in [-0.05, 0) is 56.4 Å². The molecule has 1 nitrogen and oxygen atoms in total. The predicted molar refractivity (Wildman–Crippen MR) is 86.5 cm³/mol. The zero-order valence-corrected chi connectivity index (χ0v) is 13.9. The Kier molecular flexibility index (Phi) is 8.06. The van der Waals surface area contributed by atoms with Gasteiger partial charge in [0, 0.05) is 6.54 Å². The van der Waals surface area contributed by atoms with E-state index >= 15 is 0 Å². The van der Waals surface area contributed by atoms with Crippen molar-refractivity contribution in [1.29, 1.82) is 0 Å². The Hall–Kier alpha value is -0.0400. The van der Waals surface area contributed by atoms with Gasteiger partial charge in [0.2, 0.25) is 0 Å². The van der Waals surface area contributed by atoms with E-state index in [4.69, 9.17) is 0 Å². The Bertz CT molecular complexity index is 214. The van der Waals surface area contributed by atoms with Crippen LogP contribution in [0.2, 0.25) is 0 Å². The Labute approximate surface area is 121 Å². The van der Waals surface area contributed by atoms with Gasteiger partial charge in [-0.25, -0.2) is 0 Å². The molecule has 0 radical (unpaired) electrons. The first kappa shape index (κ1) is 17.0. The molecule has 0 amide bonds. The van der Waals surface area contributed by atoms with Crippen LogP contribution in [0.5, 0.6) is 0 Å². The van der Waals surface area contributed by atoms with E-state index in [2.05, 4.69) is 33.1 Å². The summed E-state index contributed by atoms with van der Waals surface area (Å²) in [6, 6.07) is 0. The molecule has 0 saturated heterocycles. The van der Waals surface area contributed by atoms with E-state index in [9.17, 15) is 0 Å². The van der Waals surface area contributed by atoms with Gasteiger partial charge in [0.15, 0.2) is 0 Å². The maximum atomic E-state index is 3.47. The second-order valence-corrected chi connectivity index (χ2v) is 7.40. The van der Waals surface area contributed by atoms with E-state index in [1.54, 1.807) is 0 Å². The second-order valence-electron chi connectivity index (χ2n) is 7.40. The van der Waals surface area contributed by atoms with Crippen LogP contribution < -0.4 is 5.32 Å². The lowest BCUT2D eigenvalue weighted by molar-refractivity contribution is 0.125. The smallest absolute Gasteiger partial charge is 0.000481 e. The average Bonchev–Trinajstić information content (AvgIpc) is 2.38. The molecule has 19 heavy (non-hydrogen) atoms. The highest BCUT2D eigenvalue weighted by Gasteiger charge is 2.33. The summed E-state index contributed by atoms with van der Waals surface area (Å²) in [7, 11) is 2.13. The molecule has 1 saturated carbocycles. The van der Waals surface area contributed by atoms with E-state index in [1.165, 1.54) is 70.8 Å². The van der Waals surface area contributed by atoms with Crippen molar-refractivity contribution in [3.8, 4) is 0 Å². The predicted octanol–water partition coefficient (Wildman–Crippen LogP) is 5.40. The molecule has 0 atom stereocenters. The third-order valence-electron chi connectivity index (χ3n) is 5.17. The molecule has 0 aliphatic heterocycles. The minimum atomic E-state index is 0.631. The van der Waals surface area contributed by atoms with Crippen molar-refractivity contribution in [1.82, 2.24) is 5.32 Å². The Morgan fingerprint density at radius 1 is 1.16 bits per heavy atom. The lowest BCUT2D eigenvalue weighted by atomic mass is 9.67. The quantitative estimate of drug-likeness (QED) is 0.590. The van der Waals surface area contributed by atoms with Crippen LogP contribution in [-0.2, 0) is 0 Å². The lowest BCUT2D eigenvalue weighted by Gasteiger charge is -2.41. The van der Waals surface area contributed by atoms with Gasteiger partial charge in [-0.1, -0.05) is 52.9 Å². The van der Waals surface area contributed by atoms with E-state index in [1.807, 2.05) is 0 Å². The van der Waals surface area contributed by atoms with Crippen molar-refractivity contribution in [3.05, 3.63) is 0 Å². The summed E-state index contributed by atoms with van der Waals surface area (Å²) in [6.45, 7) is 8.27. The molecule has 0 aromatic rings. The molecule has 0 heterocycles. The van der Waals surface area contributed by atoms with Gasteiger partial charge in [-0.15, -0.1) is 0 Å². The van der Waals surface area contributed by atoms with Crippen molar-refractivity contribution in [2.75, 3.05) is 13.6 Å². The van der Waals surface area contributed by atoms with Crippen molar-refractivity contribution >= 4 is 0 Å². The van der Waals surface area contributed by atoms with Crippen molar-refractivity contribution in [2.45, 2.75) is 85.0 Å². The number of unbranched alkanes of at least 4 members (excludes halogenated alkanes) is 1. The first-order valence-corrected chi connectivity index (χ1v) is 8.76. The summed E-state index contributed by atoms with van der Waals surface area (Å²) in [6.07, 6.45) is 14.5. The lowest BCUT2D eigenvalue weighted by Crippen LogP contribution is -2.36. The van der Waals surface area contributed by atoms with Gasteiger partial charge in [-0.2, -0.15) is 0 Å². The molecular formula is C18H37N. The molecule has 1 rings (SSSR count). The third kappa shape index (κ3) is 6.29. The fraction of sp³-hybridized carbons (Fsp3) is 1.00. The second kappa shape index (κ2) is 9.00. The first-order valence-electron chi connectivity index (χ1n) is 8.76. The molecule has 0 aromatic carbocycles. The summed E-state index contributed by atoms with van der Waals surface area (Å²) in [5.41, 5.74) is 0.631. The fourth-order valence-electron chi connectivity index (χ4n) is 3.85. The minimum Gasteiger partial charge on any atom is -0.319 e. The van der Waals surface area contributed by atoms with Gasteiger partial charge in [0.1, 0.15) is 0 Å². The Balaban J connectivity index is 2.37. The van der Waals surface area contributed by atoms with Crippen LogP contribution in [0.4, 0.5) is 0 Å². The van der Waals surface area contributed by atoms with Crippen molar-refractivity contribution in [3.63, 3.8) is 0 Å². The highest BCUT2D eigenvalue weighted by Crippen LogP contribution is 2.43. The number of hydrogen-bond acceptors (Lipinski definition) is 1. The van der Waals surface area contributed by atoms with Crippen LogP contribution in [-0.4, -0.2) is 13.6 Å². The van der Waals surface area contributed by atoms with Crippen LogP contribution >= 0.6 is 0 Å². The van der Waals surface area contributed by atoms with E-state index < -0.39 is 0 Å². The SMILES string of the molecule is CCCCC1CCC(CCCC(C)C)(CNC)CC1. The van der Waals surface area contributed by atoms with Gasteiger partial charge >= 0.3 is 0 Å². The summed E-state index contributed by atoms with van der Waals surface area (Å²) >= 11 is 0. The maximum Gasteiger partial charge on any atom is 0.000481 e. The topological polar surface area (TPSA) is 12.0 Å². The standard InChI is InChI=1S/C18H37N/c1-5-6-9-17-10-13-18(14-11-17,15-19-4)12-7-8-16(2)3/h16-17,19H,5-15H2,1-4H3. The van der Waals surface area contributed by atoms with Crippen molar-refractivity contribution < 1.29 is 0 Å².